The molecule has 10 aromatic carbocycles. The van der Waals surface area contributed by atoms with Crippen LogP contribution >= 0.6 is 0 Å². The van der Waals surface area contributed by atoms with Crippen molar-refractivity contribution in [1.29, 1.82) is 0 Å². The smallest absolute Gasteiger partial charge is 0.0541 e. The van der Waals surface area contributed by atoms with Crippen LogP contribution in [-0.4, -0.2) is 14.1 Å². The second-order valence-corrected chi connectivity index (χ2v) is 16.7. The Morgan fingerprint density at radius 3 is 1.37 bits per heavy atom. The van der Waals surface area contributed by atoms with E-state index in [1.165, 1.54) is 109 Å². The van der Waals surface area contributed by atoms with Crippen LogP contribution in [0.1, 0.15) is 0 Å². The predicted octanol–water partition coefficient (Wildman–Crippen LogP) is 11.8. The average molecular weight is 700 g/mol. The van der Waals surface area contributed by atoms with Gasteiger partial charge in [-0.3, -0.25) is 0 Å². The maximum atomic E-state index is 2.51. The van der Waals surface area contributed by atoms with Crippen LogP contribution in [0.2, 0.25) is 0 Å². The van der Waals surface area contributed by atoms with Gasteiger partial charge in [-0.05, 0) is 108 Å². The minimum absolute atomic E-state index is 0.544. The highest BCUT2D eigenvalue weighted by molar-refractivity contribution is 6.73. The van der Waals surface area contributed by atoms with E-state index in [-0.39, 0.29) is 0 Å². The molecule has 0 saturated carbocycles. The van der Waals surface area contributed by atoms with E-state index in [4.69, 9.17) is 0 Å². The highest BCUT2D eigenvalue weighted by atomic mass is 28.2. The van der Waals surface area contributed by atoms with Crippen LogP contribution in [0.25, 0.3) is 104 Å². The molecule has 1 aromatic heterocycles. The third kappa shape index (κ3) is 4.32. The lowest BCUT2D eigenvalue weighted by Gasteiger charge is -2.14. The van der Waals surface area contributed by atoms with E-state index in [1.54, 1.807) is 5.19 Å². The van der Waals surface area contributed by atoms with Crippen molar-refractivity contribution in [2.24, 2.45) is 0 Å². The highest BCUT2D eigenvalue weighted by Crippen LogP contribution is 2.42. The molecule has 0 atom stereocenters. The Bertz CT molecular complexity index is 3190. The van der Waals surface area contributed by atoms with Crippen molar-refractivity contribution in [3.05, 3.63) is 188 Å². The zero-order valence-corrected chi connectivity index (χ0v) is 31.0. The molecule has 0 fully saturated rings. The van der Waals surface area contributed by atoms with Gasteiger partial charge in [-0.1, -0.05) is 157 Å². The van der Waals surface area contributed by atoms with Gasteiger partial charge in [0.1, 0.15) is 0 Å². The second kappa shape index (κ2) is 11.4. The topological polar surface area (TPSA) is 4.93 Å². The molecule has 12 rings (SSSR count). The Kier molecular flexibility index (Phi) is 6.28. The van der Waals surface area contributed by atoms with Crippen molar-refractivity contribution >= 4 is 84.8 Å². The molecule has 0 N–H and O–H groups in total. The van der Waals surface area contributed by atoms with Crippen LogP contribution in [0.15, 0.2) is 188 Å². The van der Waals surface area contributed by atoms with Gasteiger partial charge in [-0.25, -0.2) is 0 Å². The fraction of sp³-hybridized carbons (Fsp3) is 0. The van der Waals surface area contributed by atoms with E-state index in [9.17, 15) is 0 Å². The van der Waals surface area contributed by atoms with Gasteiger partial charge in [0.05, 0.1) is 11.0 Å². The van der Waals surface area contributed by atoms with E-state index in [0.29, 0.717) is 0 Å². The van der Waals surface area contributed by atoms with Crippen LogP contribution in [-0.2, 0) is 0 Å². The van der Waals surface area contributed by atoms with Crippen LogP contribution in [0, 0.1) is 0 Å². The first kappa shape index (κ1) is 29.8. The summed E-state index contributed by atoms with van der Waals surface area (Å²) in [4.78, 5) is 0. The number of benzene rings is 10. The van der Waals surface area contributed by atoms with Crippen molar-refractivity contribution in [3.8, 4) is 39.1 Å². The lowest BCUT2D eigenvalue weighted by molar-refractivity contribution is 1.18. The normalized spacial score (nSPS) is 12.8. The van der Waals surface area contributed by atoms with Gasteiger partial charge in [0.2, 0.25) is 0 Å². The number of fused-ring (bicyclic) bond motifs is 12. The first-order chi connectivity index (χ1) is 26.8. The van der Waals surface area contributed by atoms with Crippen LogP contribution in [0.5, 0.6) is 0 Å². The Morgan fingerprint density at radius 2 is 0.778 bits per heavy atom. The number of nitrogens with zero attached hydrogens (tertiary/aromatic N) is 1. The van der Waals surface area contributed by atoms with E-state index in [1.807, 2.05) is 0 Å². The molecule has 1 aliphatic rings. The standard InChI is InChI=1S/C52H33NSi/c1-3-13-37-32(11-1)27-45(41-17-7-5-15-39(37)41)34-21-25-49-47(29-34)48-30-35(46-28-33-12-2-4-14-38(33)40-16-6-8-18-42(40)46)22-26-50(48)53(49)36-23-24-44-43-19-9-10-20-51(43)54-52(44)31-36/h1-31H,54H2/q-1. The fourth-order valence-corrected chi connectivity index (χ4v) is 11.5. The monoisotopic (exact) mass is 699 g/mol. The van der Waals surface area contributed by atoms with Crippen LogP contribution < -0.4 is 10.4 Å². The minimum Gasteiger partial charge on any atom is -0.309 e. The molecule has 0 radical (unpaired) electrons. The third-order valence-electron chi connectivity index (χ3n) is 12.0. The predicted molar refractivity (Wildman–Crippen MR) is 235 cm³/mol. The molecule has 1 nitrogen and oxygen atoms in total. The lowest BCUT2D eigenvalue weighted by Crippen LogP contribution is -2.21. The fourth-order valence-electron chi connectivity index (χ4n) is 9.49. The average Bonchev–Trinajstić information content (AvgIpc) is 3.77. The first-order valence-corrected chi connectivity index (χ1v) is 20.3. The minimum atomic E-state index is -0.544. The van der Waals surface area contributed by atoms with Crippen molar-refractivity contribution in [2.75, 3.05) is 0 Å². The number of hydrogen-bond acceptors (Lipinski definition) is 0. The summed E-state index contributed by atoms with van der Waals surface area (Å²) >= 11 is 0. The van der Waals surface area contributed by atoms with Gasteiger partial charge < -0.3 is 4.57 Å². The van der Waals surface area contributed by atoms with Gasteiger partial charge in [-0.15, -0.1) is 9.52 Å². The summed E-state index contributed by atoms with van der Waals surface area (Å²) in [5.41, 5.74) is 11.6. The van der Waals surface area contributed by atoms with Crippen molar-refractivity contribution in [2.45, 2.75) is 0 Å². The third-order valence-corrected chi connectivity index (χ3v) is 13.9. The molecule has 0 amide bonds. The zero-order chi connectivity index (χ0) is 35.3. The molecule has 0 saturated heterocycles. The largest absolute Gasteiger partial charge is 0.309 e. The molecular weight excluding hydrogens is 667 g/mol. The van der Waals surface area contributed by atoms with Crippen molar-refractivity contribution < 1.29 is 0 Å². The van der Waals surface area contributed by atoms with E-state index in [2.05, 4.69) is 193 Å². The quantitative estimate of drug-likeness (QED) is 0.128. The number of aromatic nitrogens is 1. The van der Waals surface area contributed by atoms with Gasteiger partial charge in [0, 0.05) is 16.5 Å². The summed E-state index contributed by atoms with van der Waals surface area (Å²) in [6.45, 7) is 0. The van der Waals surface area contributed by atoms with E-state index in [0.717, 1.165) is 0 Å². The number of rotatable bonds is 3. The summed E-state index contributed by atoms with van der Waals surface area (Å²) in [6.07, 6.45) is 0. The molecule has 0 bridgehead atoms. The summed E-state index contributed by atoms with van der Waals surface area (Å²) in [5, 5.41) is 15.9. The van der Waals surface area contributed by atoms with Gasteiger partial charge in [0.15, 0.2) is 0 Å². The SMILES string of the molecule is c1ccc2c(c1)[SiH2-]c1cc(-n3c4ccc(-c5cc6ccccc6c6ccccc56)cc4c4cc(-c5cc6ccccc6c6ccccc56)ccc43)ccc1-2. The molecule has 54 heavy (non-hydrogen) atoms. The van der Waals surface area contributed by atoms with Crippen molar-refractivity contribution in [3.63, 3.8) is 0 Å². The van der Waals surface area contributed by atoms with E-state index >= 15 is 0 Å². The molecule has 0 spiro atoms. The van der Waals surface area contributed by atoms with Gasteiger partial charge in [-0.2, -0.15) is 10.4 Å². The summed E-state index contributed by atoms with van der Waals surface area (Å²) < 4.78 is 2.51. The Balaban J connectivity index is 1.13. The first-order valence-electron chi connectivity index (χ1n) is 18.9. The molecule has 0 aliphatic carbocycles. The van der Waals surface area contributed by atoms with Gasteiger partial charge >= 0.3 is 0 Å². The molecule has 11 aromatic rings. The van der Waals surface area contributed by atoms with E-state index < -0.39 is 9.52 Å². The zero-order valence-electron chi connectivity index (χ0n) is 29.6. The Morgan fingerprint density at radius 1 is 0.296 bits per heavy atom. The second-order valence-electron chi connectivity index (χ2n) is 14.9. The number of hydrogen-bond donors (Lipinski definition) is 0. The summed E-state index contributed by atoms with van der Waals surface area (Å²) in [7, 11) is -0.544. The summed E-state index contributed by atoms with van der Waals surface area (Å²) in [6, 6.07) is 70.5. The van der Waals surface area contributed by atoms with Crippen LogP contribution in [0.3, 0.4) is 0 Å². The highest BCUT2D eigenvalue weighted by Gasteiger charge is 2.19. The molecule has 0 unspecified atom stereocenters. The molecule has 251 valence electrons. The summed E-state index contributed by atoms with van der Waals surface area (Å²) in [5.74, 6) is 0. The molecule has 2 heteroatoms. The van der Waals surface area contributed by atoms with Gasteiger partial charge in [0.25, 0.3) is 0 Å². The maximum Gasteiger partial charge on any atom is 0.0541 e. The Labute approximate surface area is 315 Å². The van der Waals surface area contributed by atoms with Crippen molar-refractivity contribution in [1.82, 2.24) is 4.57 Å². The van der Waals surface area contributed by atoms with Crippen LogP contribution in [0.4, 0.5) is 0 Å². The maximum absolute atomic E-state index is 2.51. The lowest BCUT2D eigenvalue weighted by atomic mass is 9.92. The Hall–Kier alpha value is -6.74. The molecule has 1 aliphatic heterocycles. The molecule has 2 heterocycles. The molecular formula is C52H33NSi-.